The molecule has 4 nitrogen and oxygen atoms in total. The zero-order valence-corrected chi connectivity index (χ0v) is 10.2. The van der Waals surface area contributed by atoms with Crippen LogP contribution in [0.4, 0.5) is 5.82 Å². The van der Waals surface area contributed by atoms with E-state index in [1.807, 2.05) is 19.2 Å². The van der Waals surface area contributed by atoms with E-state index in [-0.39, 0.29) is 0 Å². The van der Waals surface area contributed by atoms with E-state index in [0.29, 0.717) is 5.92 Å². The molecule has 1 aliphatic rings. The van der Waals surface area contributed by atoms with Crippen molar-refractivity contribution in [2.45, 2.75) is 38.0 Å². The molecule has 1 fully saturated rings. The number of aromatic amines is 1. The van der Waals surface area contributed by atoms with Crippen LogP contribution in [0.25, 0.3) is 11.2 Å². The molecule has 17 heavy (non-hydrogen) atoms. The minimum absolute atomic E-state index is 0.607. The van der Waals surface area contributed by atoms with Gasteiger partial charge < -0.3 is 10.3 Å². The number of nitrogens with one attached hydrogen (secondary N) is 2. The molecule has 1 aliphatic carbocycles. The predicted molar refractivity (Wildman–Crippen MR) is 69.3 cm³/mol. The fraction of sp³-hybridized carbons (Fsp3) is 0.538. The lowest BCUT2D eigenvalue weighted by Gasteiger charge is -2.18. The number of H-pyrrole nitrogens is 1. The average molecular weight is 230 g/mol. The highest BCUT2D eigenvalue weighted by Gasteiger charge is 2.19. The maximum absolute atomic E-state index is 4.64. The third-order valence-corrected chi connectivity index (χ3v) is 3.61. The lowest BCUT2D eigenvalue weighted by Crippen LogP contribution is -2.05. The summed E-state index contributed by atoms with van der Waals surface area (Å²) in [6.07, 6.45) is 6.56. The van der Waals surface area contributed by atoms with E-state index in [1.54, 1.807) is 0 Å². The van der Waals surface area contributed by atoms with Gasteiger partial charge in [0.2, 0.25) is 0 Å². The molecule has 2 N–H and O–H groups in total. The van der Waals surface area contributed by atoms with Gasteiger partial charge in [0.1, 0.15) is 11.6 Å². The molecule has 0 aliphatic heterocycles. The average Bonchev–Trinajstić information content (AvgIpc) is 2.82. The van der Waals surface area contributed by atoms with Crippen molar-refractivity contribution in [2.24, 2.45) is 0 Å². The standard InChI is InChI=1S/C13H18N4/c1-14-11-8-7-10-13(16-11)17-12(15-10)9-5-3-2-4-6-9/h7-9H,2-6H2,1H3,(H2,14,15,16,17). The van der Waals surface area contributed by atoms with E-state index >= 15 is 0 Å². The summed E-state index contributed by atoms with van der Waals surface area (Å²) in [6, 6.07) is 4.03. The normalized spacial score (nSPS) is 17.5. The number of aromatic nitrogens is 3. The smallest absolute Gasteiger partial charge is 0.179 e. The Hall–Kier alpha value is -1.58. The highest BCUT2D eigenvalue weighted by molar-refractivity contribution is 5.73. The highest BCUT2D eigenvalue weighted by atomic mass is 15.0. The van der Waals surface area contributed by atoms with Gasteiger partial charge in [0, 0.05) is 13.0 Å². The summed E-state index contributed by atoms with van der Waals surface area (Å²) in [7, 11) is 1.88. The summed E-state index contributed by atoms with van der Waals surface area (Å²) in [5.74, 6) is 2.61. The molecule has 0 spiro atoms. The molecule has 2 aromatic heterocycles. The molecule has 0 aromatic carbocycles. The highest BCUT2D eigenvalue weighted by Crippen LogP contribution is 2.31. The van der Waals surface area contributed by atoms with Crippen molar-refractivity contribution in [3.63, 3.8) is 0 Å². The van der Waals surface area contributed by atoms with E-state index in [2.05, 4.69) is 20.3 Å². The molecular weight excluding hydrogens is 212 g/mol. The number of fused-ring (bicyclic) bond motifs is 1. The number of anilines is 1. The Bertz CT molecular complexity index is 511. The van der Waals surface area contributed by atoms with E-state index in [0.717, 1.165) is 22.8 Å². The van der Waals surface area contributed by atoms with Crippen molar-refractivity contribution in [2.75, 3.05) is 12.4 Å². The fourth-order valence-electron chi connectivity index (χ4n) is 2.62. The third kappa shape index (κ3) is 1.99. The van der Waals surface area contributed by atoms with Crippen molar-refractivity contribution in [1.29, 1.82) is 0 Å². The van der Waals surface area contributed by atoms with Gasteiger partial charge in [-0.1, -0.05) is 19.3 Å². The molecule has 0 saturated heterocycles. The zero-order chi connectivity index (χ0) is 11.7. The molecule has 2 aromatic rings. The predicted octanol–water partition coefficient (Wildman–Crippen LogP) is 3.05. The lowest BCUT2D eigenvalue weighted by molar-refractivity contribution is 0.431. The summed E-state index contributed by atoms with van der Waals surface area (Å²) in [4.78, 5) is 12.5. The summed E-state index contributed by atoms with van der Waals surface area (Å²) in [5.41, 5.74) is 1.88. The van der Waals surface area contributed by atoms with E-state index in [9.17, 15) is 0 Å². The fourth-order valence-corrected chi connectivity index (χ4v) is 2.62. The number of hydrogen-bond donors (Lipinski definition) is 2. The first-order chi connectivity index (χ1) is 8.36. The number of nitrogens with zero attached hydrogens (tertiary/aromatic N) is 2. The van der Waals surface area contributed by atoms with Gasteiger partial charge in [0.05, 0.1) is 5.52 Å². The van der Waals surface area contributed by atoms with Crippen molar-refractivity contribution in [1.82, 2.24) is 15.0 Å². The molecule has 0 bridgehead atoms. The Balaban J connectivity index is 1.95. The van der Waals surface area contributed by atoms with Crippen LogP contribution in [-0.4, -0.2) is 22.0 Å². The summed E-state index contributed by atoms with van der Waals surface area (Å²) < 4.78 is 0. The number of rotatable bonds is 2. The molecular formula is C13H18N4. The van der Waals surface area contributed by atoms with Gasteiger partial charge in [-0.2, -0.15) is 0 Å². The molecule has 90 valence electrons. The quantitative estimate of drug-likeness (QED) is 0.833. The maximum atomic E-state index is 4.64. The van der Waals surface area contributed by atoms with Crippen LogP contribution in [0.15, 0.2) is 12.1 Å². The minimum Gasteiger partial charge on any atom is -0.373 e. The summed E-state index contributed by atoms with van der Waals surface area (Å²) in [6.45, 7) is 0. The van der Waals surface area contributed by atoms with Crippen molar-refractivity contribution in [3.05, 3.63) is 18.0 Å². The van der Waals surface area contributed by atoms with Crippen molar-refractivity contribution in [3.8, 4) is 0 Å². The minimum atomic E-state index is 0.607. The van der Waals surface area contributed by atoms with Crippen LogP contribution in [0.5, 0.6) is 0 Å². The molecule has 3 rings (SSSR count). The zero-order valence-electron chi connectivity index (χ0n) is 10.2. The van der Waals surface area contributed by atoms with Gasteiger partial charge in [0.15, 0.2) is 5.65 Å². The lowest BCUT2D eigenvalue weighted by atomic mass is 9.89. The largest absolute Gasteiger partial charge is 0.373 e. The second-order valence-corrected chi connectivity index (χ2v) is 4.77. The Kier molecular flexibility index (Phi) is 2.71. The molecule has 0 radical (unpaired) electrons. The van der Waals surface area contributed by atoms with Crippen LogP contribution in [0.2, 0.25) is 0 Å². The SMILES string of the molecule is CNc1ccc2[nH]c(C3CCCCC3)nc2n1. The summed E-state index contributed by atoms with van der Waals surface area (Å²) in [5, 5.41) is 3.04. The number of hydrogen-bond acceptors (Lipinski definition) is 3. The Morgan fingerprint density at radius 3 is 2.76 bits per heavy atom. The van der Waals surface area contributed by atoms with Gasteiger partial charge in [-0.15, -0.1) is 0 Å². The van der Waals surface area contributed by atoms with Crippen LogP contribution in [0, 0.1) is 0 Å². The maximum Gasteiger partial charge on any atom is 0.179 e. The molecule has 2 heterocycles. The van der Waals surface area contributed by atoms with Crippen LogP contribution in [-0.2, 0) is 0 Å². The monoisotopic (exact) mass is 230 g/mol. The molecule has 4 heteroatoms. The van der Waals surface area contributed by atoms with Crippen molar-refractivity contribution < 1.29 is 0 Å². The first kappa shape index (κ1) is 10.6. The van der Waals surface area contributed by atoms with Gasteiger partial charge in [-0.25, -0.2) is 9.97 Å². The Morgan fingerprint density at radius 1 is 1.18 bits per heavy atom. The topological polar surface area (TPSA) is 53.6 Å². The summed E-state index contributed by atoms with van der Waals surface area (Å²) >= 11 is 0. The van der Waals surface area contributed by atoms with Gasteiger partial charge in [-0.3, -0.25) is 0 Å². The van der Waals surface area contributed by atoms with E-state index in [1.165, 1.54) is 32.1 Å². The second kappa shape index (κ2) is 4.35. The van der Waals surface area contributed by atoms with Gasteiger partial charge >= 0.3 is 0 Å². The number of pyridine rings is 1. The van der Waals surface area contributed by atoms with Crippen LogP contribution < -0.4 is 5.32 Å². The first-order valence-corrected chi connectivity index (χ1v) is 6.41. The Morgan fingerprint density at radius 2 is 2.00 bits per heavy atom. The second-order valence-electron chi connectivity index (χ2n) is 4.77. The van der Waals surface area contributed by atoms with E-state index in [4.69, 9.17) is 0 Å². The Labute approximate surface area is 101 Å². The third-order valence-electron chi connectivity index (χ3n) is 3.61. The van der Waals surface area contributed by atoms with Gasteiger partial charge in [0.25, 0.3) is 0 Å². The van der Waals surface area contributed by atoms with Crippen molar-refractivity contribution >= 4 is 17.0 Å². The van der Waals surface area contributed by atoms with E-state index < -0.39 is 0 Å². The molecule has 1 saturated carbocycles. The van der Waals surface area contributed by atoms with Crippen LogP contribution in [0.3, 0.4) is 0 Å². The number of imidazole rings is 1. The first-order valence-electron chi connectivity index (χ1n) is 6.41. The molecule has 0 unspecified atom stereocenters. The van der Waals surface area contributed by atoms with Crippen LogP contribution in [0.1, 0.15) is 43.8 Å². The van der Waals surface area contributed by atoms with Crippen LogP contribution >= 0.6 is 0 Å². The van der Waals surface area contributed by atoms with Gasteiger partial charge in [-0.05, 0) is 25.0 Å². The molecule has 0 amide bonds. The molecule has 0 atom stereocenters.